The molecule has 34 heavy (non-hydrogen) atoms. The van der Waals surface area contributed by atoms with Crippen LogP contribution in [-0.2, 0) is 33.8 Å². The van der Waals surface area contributed by atoms with Crippen molar-refractivity contribution in [2.24, 2.45) is 5.41 Å². The molecular weight excluding hydrogens is 433 g/mol. The summed E-state index contributed by atoms with van der Waals surface area (Å²) in [6.45, 7) is 7.79. The van der Waals surface area contributed by atoms with Gasteiger partial charge in [-0.05, 0) is 60.6 Å². The second kappa shape index (κ2) is 9.95. The molecule has 1 amide bonds. The lowest BCUT2D eigenvalue weighted by molar-refractivity contribution is -0.146. The zero-order chi connectivity index (χ0) is 24.3. The minimum absolute atomic E-state index is 0.0816. The Labute approximate surface area is 199 Å². The van der Waals surface area contributed by atoms with Crippen LogP contribution >= 0.6 is 0 Å². The summed E-state index contributed by atoms with van der Waals surface area (Å²) in [5.74, 6) is -0.409. The Balaban J connectivity index is 1.52. The molecule has 1 aromatic carbocycles. The first-order valence-electron chi connectivity index (χ1n) is 11.9. The van der Waals surface area contributed by atoms with Gasteiger partial charge < -0.3 is 14.2 Å². The molecule has 7 heteroatoms. The molecule has 2 aromatic heterocycles. The van der Waals surface area contributed by atoms with Crippen molar-refractivity contribution in [1.82, 2.24) is 14.5 Å². The van der Waals surface area contributed by atoms with Gasteiger partial charge >= 0.3 is 5.97 Å². The van der Waals surface area contributed by atoms with E-state index < -0.39 is 0 Å². The van der Waals surface area contributed by atoms with Gasteiger partial charge in [0.15, 0.2) is 0 Å². The predicted octanol–water partition coefficient (Wildman–Crippen LogP) is 4.87. The number of halogens is 1. The molecule has 4 rings (SSSR count). The van der Waals surface area contributed by atoms with Gasteiger partial charge in [-0.3, -0.25) is 9.59 Å². The third kappa shape index (κ3) is 5.29. The van der Waals surface area contributed by atoms with Gasteiger partial charge in [-0.2, -0.15) is 0 Å². The maximum Gasteiger partial charge on any atom is 0.306 e. The van der Waals surface area contributed by atoms with Crippen LogP contribution in [0.5, 0.6) is 0 Å². The monoisotopic (exact) mass is 465 g/mol. The summed E-state index contributed by atoms with van der Waals surface area (Å²) < 4.78 is 21.0. The summed E-state index contributed by atoms with van der Waals surface area (Å²) >= 11 is 0. The first-order valence-corrected chi connectivity index (χ1v) is 11.9. The highest BCUT2D eigenvalue weighted by atomic mass is 19.1. The zero-order valence-electron chi connectivity index (χ0n) is 20.1. The molecule has 0 spiro atoms. The summed E-state index contributed by atoms with van der Waals surface area (Å²) in [6, 6.07) is 10.6. The summed E-state index contributed by atoms with van der Waals surface area (Å²) in [6.07, 6.45) is 3.81. The summed E-state index contributed by atoms with van der Waals surface area (Å²) in [5, 5.41) is 1.09. The molecule has 0 aliphatic carbocycles. The average molecular weight is 466 g/mol. The fourth-order valence-electron chi connectivity index (χ4n) is 4.76. The fourth-order valence-corrected chi connectivity index (χ4v) is 4.76. The summed E-state index contributed by atoms with van der Waals surface area (Å²) in [7, 11) is 0. The lowest BCUT2D eigenvalue weighted by Gasteiger charge is -2.30. The average Bonchev–Trinajstić information content (AvgIpc) is 3.10. The second-order valence-electron chi connectivity index (χ2n) is 9.73. The van der Waals surface area contributed by atoms with Crippen molar-refractivity contribution in [2.45, 2.75) is 59.5 Å². The van der Waals surface area contributed by atoms with Gasteiger partial charge in [0.05, 0.1) is 19.6 Å². The Kier molecular flexibility index (Phi) is 7.00. The van der Waals surface area contributed by atoms with Crippen LogP contribution < -0.4 is 0 Å². The Hall–Kier alpha value is -3.22. The second-order valence-corrected chi connectivity index (χ2v) is 9.73. The topological polar surface area (TPSA) is 64.4 Å². The molecule has 0 saturated carbocycles. The largest absolute Gasteiger partial charge is 0.466 e. The molecule has 3 aromatic rings. The highest BCUT2D eigenvalue weighted by Gasteiger charge is 2.29. The van der Waals surface area contributed by atoms with E-state index in [-0.39, 0.29) is 23.1 Å². The van der Waals surface area contributed by atoms with Crippen molar-refractivity contribution in [3.8, 4) is 0 Å². The van der Waals surface area contributed by atoms with Crippen LogP contribution in [0.4, 0.5) is 4.39 Å². The van der Waals surface area contributed by atoms with Crippen LogP contribution in [0, 0.1) is 11.2 Å². The number of carbonyl (C=O) groups excluding carboxylic acids is 2. The number of hydrogen-bond donors (Lipinski definition) is 0. The Morgan fingerprint density at radius 2 is 2.03 bits per heavy atom. The van der Waals surface area contributed by atoms with Crippen LogP contribution in [0.2, 0.25) is 0 Å². The van der Waals surface area contributed by atoms with Crippen molar-refractivity contribution in [1.29, 1.82) is 0 Å². The van der Waals surface area contributed by atoms with E-state index in [0.717, 1.165) is 28.7 Å². The van der Waals surface area contributed by atoms with Gasteiger partial charge in [0, 0.05) is 36.8 Å². The highest BCUT2D eigenvalue weighted by Crippen LogP contribution is 2.32. The van der Waals surface area contributed by atoms with Gasteiger partial charge in [-0.1, -0.05) is 26.0 Å². The Morgan fingerprint density at radius 1 is 1.21 bits per heavy atom. The normalized spacial score (nSPS) is 13.7. The molecule has 0 N–H and O–H groups in total. The van der Waals surface area contributed by atoms with E-state index in [1.54, 1.807) is 25.3 Å². The summed E-state index contributed by atoms with van der Waals surface area (Å²) in [4.78, 5) is 31.5. The van der Waals surface area contributed by atoms with E-state index in [9.17, 15) is 14.0 Å². The maximum absolute atomic E-state index is 13.8. The van der Waals surface area contributed by atoms with E-state index >= 15 is 0 Å². The van der Waals surface area contributed by atoms with Crippen molar-refractivity contribution in [3.63, 3.8) is 0 Å². The molecule has 0 bridgehead atoms. The van der Waals surface area contributed by atoms with Gasteiger partial charge in [0.2, 0.25) is 5.91 Å². The van der Waals surface area contributed by atoms with Crippen molar-refractivity contribution in [2.75, 3.05) is 13.2 Å². The van der Waals surface area contributed by atoms with Crippen molar-refractivity contribution >= 4 is 22.9 Å². The quantitative estimate of drug-likeness (QED) is 0.446. The summed E-state index contributed by atoms with van der Waals surface area (Å²) in [5.41, 5.74) is 3.68. The number of carbonyl (C=O) groups is 2. The van der Waals surface area contributed by atoms with Crippen molar-refractivity contribution in [3.05, 3.63) is 65.2 Å². The number of ether oxygens (including phenoxy) is 1. The molecule has 0 fully saturated rings. The van der Waals surface area contributed by atoms with Gasteiger partial charge in [0.25, 0.3) is 0 Å². The van der Waals surface area contributed by atoms with Crippen LogP contribution in [0.3, 0.4) is 0 Å². The Morgan fingerprint density at radius 3 is 2.79 bits per heavy atom. The number of aromatic nitrogens is 2. The number of rotatable bonds is 8. The Bertz CT molecular complexity index is 1200. The van der Waals surface area contributed by atoms with Crippen LogP contribution in [0.15, 0.2) is 42.6 Å². The van der Waals surface area contributed by atoms with Crippen LogP contribution in [0.25, 0.3) is 11.0 Å². The van der Waals surface area contributed by atoms with Crippen LogP contribution in [0.1, 0.15) is 56.9 Å². The van der Waals surface area contributed by atoms with Gasteiger partial charge in [-0.15, -0.1) is 0 Å². The minimum Gasteiger partial charge on any atom is -0.466 e. The van der Waals surface area contributed by atoms with E-state index in [4.69, 9.17) is 4.74 Å². The molecule has 6 nitrogen and oxygen atoms in total. The highest BCUT2D eigenvalue weighted by molar-refractivity contribution is 5.84. The van der Waals surface area contributed by atoms with Crippen molar-refractivity contribution < 1.29 is 18.7 Å². The molecule has 0 atom stereocenters. The number of pyridine rings is 1. The SMILES string of the molecule is CCOC(=O)CC(C)(C)CCC(=O)N1CCc2c(n(Cc3cccc(F)c3)c3ncccc23)C1. The molecule has 0 radical (unpaired) electrons. The standard InChI is InChI=1S/C27H32FN3O3/c1-4-34-25(33)16-27(2,3)12-10-24(32)30-14-11-21-22-9-6-13-29-26(22)31(23(21)18-30)17-19-7-5-8-20(28)15-19/h5-9,13,15H,4,10-12,14,16-18H2,1-3H3. The fraction of sp³-hybridized carbons (Fsp3) is 0.444. The molecule has 1 aliphatic rings. The molecule has 180 valence electrons. The number of nitrogens with zero attached hydrogens (tertiary/aromatic N) is 3. The molecule has 0 saturated heterocycles. The third-order valence-electron chi connectivity index (χ3n) is 6.54. The molecule has 1 aliphatic heterocycles. The first kappa shape index (κ1) is 23.9. The number of amides is 1. The van der Waals surface area contributed by atoms with Gasteiger partial charge in [-0.25, -0.2) is 9.37 Å². The first-order chi connectivity index (χ1) is 16.3. The van der Waals surface area contributed by atoms with Gasteiger partial charge in [0.1, 0.15) is 11.5 Å². The van der Waals surface area contributed by atoms with E-state index in [1.165, 1.54) is 11.6 Å². The number of benzene rings is 1. The lowest BCUT2D eigenvalue weighted by Crippen LogP contribution is -2.37. The van der Waals surface area contributed by atoms with E-state index in [2.05, 4.69) is 15.6 Å². The minimum atomic E-state index is -0.306. The predicted molar refractivity (Wildman–Crippen MR) is 129 cm³/mol. The maximum atomic E-state index is 13.8. The van der Waals surface area contributed by atoms with E-state index in [1.807, 2.05) is 30.9 Å². The molecular formula is C27H32FN3O3. The smallest absolute Gasteiger partial charge is 0.306 e. The number of esters is 1. The third-order valence-corrected chi connectivity index (χ3v) is 6.54. The molecule has 0 unspecified atom stereocenters. The lowest BCUT2D eigenvalue weighted by atomic mass is 9.84. The number of fused-ring (bicyclic) bond motifs is 3. The van der Waals surface area contributed by atoms with Crippen LogP contribution in [-0.4, -0.2) is 39.5 Å². The van der Waals surface area contributed by atoms with E-state index in [0.29, 0.717) is 45.5 Å². The number of hydrogen-bond acceptors (Lipinski definition) is 4. The zero-order valence-corrected chi connectivity index (χ0v) is 20.1. The molecule has 3 heterocycles.